The normalized spacial score (nSPS) is 12.5. The molecule has 292 valence electrons. The second-order valence-corrected chi connectivity index (χ2v) is 34.0. The van der Waals surface area contributed by atoms with E-state index in [1.54, 1.807) is 18.3 Å². The molecular formula is C38H60FN5O6Si3. The lowest BCUT2D eigenvalue weighted by atomic mass is 9.96. The van der Waals surface area contributed by atoms with Crippen molar-refractivity contribution >= 4 is 41.2 Å². The molecule has 2 aromatic carbocycles. The predicted molar refractivity (Wildman–Crippen MR) is 218 cm³/mol. The lowest BCUT2D eigenvalue weighted by Crippen LogP contribution is -2.22. The Morgan fingerprint density at radius 1 is 0.849 bits per heavy atom. The zero-order chi connectivity index (χ0) is 39.0. The van der Waals surface area contributed by atoms with Crippen LogP contribution in [0.3, 0.4) is 0 Å². The van der Waals surface area contributed by atoms with Gasteiger partial charge in [0.2, 0.25) is 0 Å². The molecular weight excluding hydrogens is 726 g/mol. The summed E-state index contributed by atoms with van der Waals surface area (Å²) in [4.78, 5) is 16.2. The van der Waals surface area contributed by atoms with E-state index in [-0.39, 0.29) is 32.6 Å². The van der Waals surface area contributed by atoms with Gasteiger partial charge in [-0.1, -0.05) is 71.9 Å². The van der Waals surface area contributed by atoms with Crippen LogP contribution >= 0.6 is 0 Å². The monoisotopic (exact) mass is 785 g/mol. The van der Waals surface area contributed by atoms with Gasteiger partial charge in [0.05, 0.1) is 11.2 Å². The lowest BCUT2D eigenvalue weighted by molar-refractivity contribution is 0.0197. The number of imidazole rings is 1. The van der Waals surface area contributed by atoms with Gasteiger partial charge in [-0.25, -0.2) is 18.9 Å². The molecule has 0 aliphatic rings. The van der Waals surface area contributed by atoms with Crippen molar-refractivity contribution in [2.45, 2.75) is 110 Å². The third kappa shape index (κ3) is 13.2. The number of aryl methyl sites for hydroxylation is 1. The van der Waals surface area contributed by atoms with E-state index in [2.05, 4.69) is 58.9 Å². The van der Waals surface area contributed by atoms with Crippen LogP contribution in [0, 0.1) is 5.82 Å². The van der Waals surface area contributed by atoms with Gasteiger partial charge in [-0.15, -0.1) is 0 Å². The molecule has 0 radical (unpaired) electrons. The summed E-state index contributed by atoms with van der Waals surface area (Å²) < 4.78 is 48.1. The standard InChI is InChI=1S/C38H60FN5O6Si3/c1-11-28-21-35(50-27-48-16-19-53(8,9)10)33(39)22-32(28)29-12-13-31-34(20-29)44(26-47-15-18-52(5,6)7)42-36(31)37-41-30(24-49-38(40)45)23-43(37)25-46-14-17-51(2,3)4/h12-13,20-23H,11,14-19,24-27H2,1-10H3,(H2,40,45). The van der Waals surface area contributed by atoms with E-state index in [0.29, 0.717) is 43.5 Å². The van der Waals surface area contributed by atoms with Gasteiger partial charge >= 0.3 is 6.09 Å². The highest BCUT2D eigenvalue weighted by Crippen LogP contribution is 2.35. The average molecular weight is 786 g/mol. The summed E-state index contributed by atoms with van der Waals surface area (Å²) in [5, 5.41) is 5.88. The van der Waals surface area contributed by atoms with E-state index >= 15 is 4.39 Å². The fourth-order valence-electron chi connectivity index (χ4n) is 5.46. The van der Waals surface area contributed by atoms with Gasteiger partial charge in [0, 0.05) is 55.6 Å². The molecule has 4 aromatic rings. The number of amides is 1. The zero-order valence-electron chi connectivity index (χ0n) is 33.4. The van der Waals surface area contributed by atoms with Gasteiger partial charge in [-0.05, 0) is 65.5 Å². The van der Waals surface area contributed by atoms with Crippen LogP contribution in [-0.2, 0) is 45.4 Å². The SMILES string of the molecule is CCc1cc(OCOCC[Si](C)(C)C)c(F)cc1-c1ccc2c(-c3nc(COC(N)=O)cn3COCC[Si](C)(C)C)nn(COCC[Si](C)(C)C)c2c1. The maximum Gasteiger partial charge on any atom is 0.404 e. The number of nitrogens with zero attached hydrogens (tertiary/aromatic N) is 4. The highest BCUT2D eigenvalue weighted by molar-refractivity contribution is 6.76. The minimum atomic E-state index is -1.32. The van der Waals surface area contributed by atoms with Crippen molar-refractivity contribution in [2.24, 2.45) is 5.73 Å². The zero-order valence-corrected chi connectivity index (χ0v) is 36.4. The second-order valence-electron chi connectivity index (χ2n) is 17.2. The maximum atomic E-state index is 15.6. The highest BCUT2D eigenvalue weighted by atomic mass is 28.3. The summed E-state index contributed by atoms with van der Waals surface area (Å²) in [6.07, 6.45) is 1.60. The summed E-state index contributed by atoms with van der Waals surface area (Å²) >= 11 is 0. The number of halogens is 1. The smallest absolute Gasteiger partial charge is 0.404 e. The molecule has 15 heteroatoms. The summed E-state index contributed by atoms with van der Waals surface area (Å²) in [6.45, 7) is 25.0. The molecule has 2 aromatic heterocycles. The third-order valence-electron chi connectivity index (χ3n) is 8.73. The number of primary amides is 1. The molecule has 1 amide bonds. The Hall–Kier alpha value is -3.35. The molecule has 2 N–H and O–H groups in total. The van der Waals surface area contributed by atoms with Gasteiger partial charge in [-0.2, -0.15) is 5.10 Å². The van der Waals surface area contributed by atoms with Gasteiger partial charge < -0.3 is 34.0 Å². The van der Waals surface area contributed by atoms with E-state index in [4.69, 9.17) is 39.5 Å². The van der Waals surface area contributed by atoms with Gasteiger partial charge in [-0.3, -0.25) is 0 Å². The van der Waals surface area contributed by atoms with Crippen LogP contribution < -0.4 is 10.5 Å². The quantitative estimate of drug-likeness (QED) is 0.0504. The number of ether oxygens (including phenoxy) is 5. The molecule has 0 atom stereocenters. The molecule has 0 bridgehead atoms. The first-order valence-electron chi connectivity index (χ1n) is 18.5. The van der Waals surface area contributed by atoms with Crippen molar-refractivity contribution in [3.05, 3.63) is 53.6 Å². The largest absolute Gasteiger partial charge is 0.464 e. The molecule has 0 saturated carbocycles. The van der Waals surface area contributed by atoms with Crippen molar-refractivity contribution < 1.29 is 32.9 Å². The molecule has 0 aliphatic heterocycles. The molecule has 0 saturated heterocycles. The van der Waals surface area contributed by atoms with Crippen molar-refractivity contribution in [1.82, 2.24) is 19.3 Å². The Labute approximate surface area is 317 Å². The van der Waals surface area contributed by atoms with Crippen LogP contribution in [0.15, 0.2) is 36.5 Å². The van der Waals surface area contributed by atoms with E-state index in [1.165, 1.54) is 0 Å². The number of aromatic nitrogens is 4. The molecule has 0 unspecified atom stereocenters. The van der Waals surface area contributed by atoms with Crippen LogP contribution in [0.5, 0.6) is 5.75 Å². The molecule has 4 rings (SSSR count). The Morgan fingerprint density at radius 3 is 2.08 bits per heavy atom. The number of carbonyl (C=O) groups is 1. The van der Waals surface area contributed by atoms with Crippen molar-refractivity contribution in [1.29, 1.82) is 0 Å². The minimum Gasteiger partial charge on any atom is -0.464 e. The molecule has 53 heavy (non-hydrogen) atoms. The number of nitrogens with two attached hydrogens (primary N) is 1. The van der Waals surface area contributed by atoms with Gasteiger partial charge in [0.1, 0.15) is 25.8 Å². The average Bonchev–Trinajstić information content (AvgIpc) is 3.63. The number of rotatable bonds is 21. The Morgan fingerprint density at radius 2 is 1.47 bits per heavy atom. The van der Waals surface area contributed by atoms with Crippen LogP contribution in [0.4, 0.5) is 9.18 Å². The third-order valence-corrected chi connectivity index (χ3v) is 13.8. The second kappa shape index (κ2) is 18.3. The van der Waals surface area contributed by atoms with Crippen LogP contribution in [0.2, 0.25) is 77.1 Å². The van der Waals surface area contributed by atoms with Crippen LogP contribution in [0.1, 0.15) is 18.2 Å². The molecule has 2 heterocycles. The van der Waals surface area contributed by atoms with E-state index in [0.717, 1.165) is 45.7 Å². The van der Waals surface area contributed by atoms with Gasteiger partial charge in [0.25, 0.3) is 0 Å². The first kappa shape index (κ1) is 42.4. The summed E-state index contributed by atoms with van der Waals surface area (Å²) in [6, 6.07) is 12.4. The Bertz CT molecular complexity index is 1830. The number of hydrogen-bond donors (Lipinski definition) is 1. The van der Waals surface area contributed by atoms with E-state index < -0.39 is 36.1 Å². The van der Waals surface area contributed by atoms with Crippen molar-refractivity contribution in [3.63, 3.8) is 0 Å². The summed E-state index contributed by atoms with van der Waals surface area (Å²) in [5.74, 6) is 0.295. The van der Waals surface area contributed by atoms with Crippen molar-refractivity contribution in [2.75, 3.05) is 26.6 Å². The number of benzene rings is 2. The van der Waals surface area contributed by atoms with Crippen LogP contribution in [0.25, 0.3) is 33.5 Å². The van der Waals surface area contributed by atoms with Crippen LogP contribution in [-0.4, -0.2) is 76.3 Å². The number of carbonyl (C=O) groups excluding carboxylic acids is 1. The van der Waals surface area contributed by atoms with E-state index in [1.807, 2.05) is 34.4 Å². The topological polar surface area (TPSA) is 125 Å². The highest BCUT2D eigenvalue weighted by Gasteiger charge is 2.22. The molecule has 11 nitrogen and oxygen atoms in total. The Balaban J connectivity index is 1.71. The lowest BCUT2D eigenvalue weighted by Gasteiger charge is -2.16. The fourth-order valence-corrected chi connectivity index (χ4v) is 7.73. The van der Waals surface area contributed by atoms with Gasteiger partial charge in [0.15, 0.2) is 24.2 Å². The maximum absolute atomic E-state index is 15.6. The minimum absolute atomic E-state index is 0.00497. The molecule has 0 aliphatic carbocycles. The summed E-state index contributed by atoms with van der Waals surface area (Å²) in [7, 11) is -3.85. The number of fused-ring (bicyclic) bond motifs is 1. The predicted octanol–water partition coefficient (Wildman–Crippen LogP) is 9.18. The van der Waals surface area contributed by atoms with E-state index in [9.17, 15) is 4.79 Å². The number of hydrogen-bond acceptors (Lipinski definition) is 8. The molecule has 0 fully saturated rings. The summed E-state index contributed by atoms with van der Waals surface area (Å²) in [5.41, 5.74) is 9.79. The van der Waals surface area contributed by atoms with Crippen molar-refractivity contribution in [3.8, 4) is 28.4 Å². The first-order valence-corrected chi connectivity index (χ1v) is 29.6. The fraction of sp³-hybridized carbons (Fsp3) is 0.553. The molecule has 0 spiro atoms. The Kier molecular flexibility index (Phi) is 14.7. The first-order chi connectivity index (χ1) is 24.8.